The zero-order chi connectivity index (χ0) is 26.1. The lowest BCUT2D eigenvalue weighted by Crippen LogP contribution is -2.39. The van der Waals surface area contributed by atoms with Gasteiger partial charge in [0.05, 0.1) is 15.2 Å². The summed E-state index contributed by atoms with van der Waals surface area (Å²) in [6, 6.07) is 4.75. The fourth-order valence-corrected chi connectivity index (χ4v) is 5.23. The van der Waals surface area contributed by atoms with Gasteiger partial charge in [0.15, 0.2) is 29.2 Å². The summed E-state index contributed by atoms with van der Waals surface area (Å²) < 4.78 is 45.5. The number of carbonyl (C=O) groups excluding carboxylic acids is 2. The van der Waals surface area contributed by atoms with E-state index in [0.29, 0.717) is 41.9 Å². The number of fused-ring (bicyclic) bond motifs is 1. The third-order valence-corrected chi connectivity index (χ3v) is 6.64. The molecule has 0 radical (unpaired) electrons. The number of carbonyl (C=O) groups is 2. The van der Waals surface area contributed by atoms with Crippen LogP contribution < -0.4 is 10.2 Å². The molecule has 2 heterocycles. The number of halogens is 3. The Morgan fingerprint density at radius 1 is 1.19 bits per heavy atom. The summed E-state index contributed by atoms with van der Waals surface area (Å²) >= 11 is 0.704. The Morgan fingerprint density at radius 2 is 1.89 bits per heavy atom. The fraction of sp³-hybridized carbons (Fsp3) is 0.348. The molecule has 2 unspecified atom stereocenters. The minimum atomic E-state index is -1.68. The van der Waals surface area contributed by atoms with Gasteiger partial charge in [0.2, 0.25) is 0 Å². The minimum Gasteiger partial charge on any atom is -0.452 e. The lowest BCUT2D eigenvalue weighted by atomic mass is 9.91. The second-order valence-corrected chi connectivity index (χ2v) is 9.82. The van der Waals surface area contributed by atoms with Crippen molar-refractivity contribution in [2.75, 3.05) is 29.9 Å². The Balaban J connectivity index is 1.43. The van der Waals surface area contributed by atoms with E-state index in [1.807, 2.05) is 4.90 Å². The molecule has 0 aliphatic carbocycles. The SMILES string of the molecule is CC1CC(C)CN(c2ccc(C(=O)OCC(=O)Nc3nc4c(F)c(F)c(F)cc4s3)cc2[N+](=O)[O-])C1. The summed E-state index contributed by atoms with van der Waals surface area (Å²) in [5, 5.41) is 13.8. The van der Waals surface area contributed by atoms with Crippen LogP contribution in [0.25, 0.3) is 10.2 Å². The molecular formula is C23H21F3N4O5S. The number of hydrogen-bond donors (Lipinski definition) is 1. The van der Waals surface area contributed by atoms with Gasteiger partial charge in [-0.1, -0.05) is 25.2 Å². The number of hydrogen-bond acceptors (Lipinski definition) is 8. The summed E-state index contributed by atoms with van der Waals surface area (Å²) in [5.41, 5.74) is -0.393. The van der Waals surface area contributed by atoms with Crippen LogP contribution in [-0.4, -0.2) is 41.5 Å². The Bertz CT molecular complexity index is 1360. The van der Waals surface area contributed by atoms with E-state index in [4.69, 9.17) is 4.74 Å². The highest BCUT2D eigenvalue weighted by Gasteiger charge is 2.28. The van der Waals surface area contributed by atoms with Gasteiger partial charge >= 0.3 is 5.97 Å². The highest BCUT2D eigenvalue weighted by molar-refractivity contribution is 7.22. The summed E-state index contributed by atoms with van der Waals surface area (Å²) in [4.78, 5) is 41.4. The van der Waals surface area contributed by atoms with E-state index >= 15 is 0 Å². The predicted molar refractivity (Wildman–Crippen MR) is 127 cm³/mol. The van der Waals surface area contributed by atoms with E-state index in [1.54, 1.807) is 0 Å². The number of nitrogens with zero attached hydrogens (tertiary/aromatic N) is 3. The van der Waals surface area contributed by atoms with Crippen molar-refractivity contribution < 1.29 is 32.4 Å². The van der Waals surface area contributed by atoms with Crippen LogP contribution in [0.15, 0.2) is 24.3 Å². The van der Waals surface area contributed by atoms with Crippen LogP contribution in [0, 0.1) is 39.4 Å². The van der Waals surface area contributed by atoms with Crippen LogP contribution in [-0.2, 0) is 9.53 Å². The number of ether oxygens (including phenoxy) is 1. The van der Waals surface area contributed by atoms with E-state index < -0.39 is 46.4 Å². The lowest BCUT2D eigenvalue weighted by Gasteiger charge is -2.36. The molecule has 1 amide bonds. The molecule has 1 aromatic heterocycles. The van der Waals surface area contributed by atoms with Gasteiger partial charge in [0.1, 0.15) is 11.2 Å². The first-order valence-corrected chi connectivity index (χ1v) is 11.8. The van der Waals surface area contributed by atoms with Gasteiger partial charge in [-0.3, -0.25) is 20.2 Å². The molecule has 1 aliphatic heterocycles. The van der Waals surface area contributed by atoms with Gasteiger partial charge in [0, 0.05) is 19.2 Å². The third kappa shape index (κ3) is 5.25. The average molecular weight is 523 g/mol. The lowest BCUT2D eigenvalue weighted by molar-refractivity contribution is -0.384. The van der Waals surface area contributed by atoms with Gasteiger partial charge in [-0.2, -0.15) is 0 Å². The van der Waals surface area contributed by atoms with Crippen LogP contribution in [0.5, 0.6) is 0 Å². The first-order valence-electron chi connectivity index (χ1n) is 11.0. The number of esters is 1. The third-order valence-electron chi connectivity index (χ3n) is 5.72. The van der Waals surface area contributed by atoms with Crippen molar-refractivity contribution >= 4 is 49.9 Å². The van der Waals surface area contributed by atoms with Crippen molar-refractivity contribution in [1.29, 1.82) is 0 Å². The highest BCUT2D eigenvalue weighted by atomic mass is 32.1. The number of nitro benzene ring substituents is 1. The summed E-state index contributed by atoms with van der Waals surface area (Å²) in [7, 11) is 0. The first-order chi connectivity index (χ1) is 17.0. The van der Waals surface area contributed by atoms with E-state index in [0.717, 1.165) is 18.6 Å². The van der Waals surface area contributed by atoms with Gasteiger partial charge in [-0.25, -0.2) is 22.9 Å². The van der Waals surface area contributed by atoms with Gasteiger partial charge in [-0.05, 0) is 36.5 Å². The number of rotatable bonds is 6. The molecular weight excluding hydrogens is 501 g/mol. The molecule has 9 nitrogen and oxygen atoms in total. The van der Waals surface area contributed by atoms with Gasteiger partial charge in [-0.15, -0.1) is 0 Å². The quantitative estimate of drug-likeness (QED) is 0.212. The normalized spacial score (nSPS) is 17.8. The van der Waals surface area contributed by atoms with Crippen LogP contribution in [0.2, 0.25) is 0 Å². The Morgan fingerprint density at radius 3 is 2.56 bits per heavy atom. The van der Waals surface area contributed by atoms with E-state index in [9.17, 15) is 32.9 Å². The van der Waals surface area contributed by atoms with Gasteiger partial charge in [0.25, 0.3) is 11.6 Å². The van der Waals surface area contributed by atoms with E-state index in [1.165, 1.54) is 12.1 Å². The molecule has 1 aliphatic rings. The number of nitro groups is 1. The Labute approximate surface area is 207 Å². The highest BCUT2D eigenvalue weighted by Crippen LogP contribution is 2.34. The molecule has 190 valence electrons. The summed E-state index contributed by atoms with van der Waals surface area (Å²) in [5.74, 6) is -5.62. The maximum absolute atomic E-state index is 13.8. The summed E-state index contributed by atoms with van der Waals surface area (Å²) in [6.07, 6.45) is 1.02. The van der Waals surface area contributed by atoms with Crippen molar-refractivity contribution in [3.8, 4) is 0 Å². The van der Waals surface area contributed by atoms with E-state index in [-0.39, 0.29) is 21.1 Å². The molecule has 13 heteroatoms. The maximum atomic E-state index is 13.8. The number of nitrogens with one attached hydrogen (secondary N) is 1. The largest absolute Gasteiger partial charge is 0.452 e. The van der Waals surface area contributed by atoms with Crippen molar-refractivity contribution in [2.24, 2.45) is 11.8 Å². The topological polar surface area (TPSA) is 115 Å². The molecule has 0 bridgehead atoms. The van der Waals surface area contributed by atoms with Crippen LogP contribution >= 0.6 is 11.3 Å². The predicted octanol–water partition coefficient (Wildman–Crippen LogP) is 4.90. The number of benzene rings is 2. The smallest absolute Gasteiger partial charge is 0.338 e. The Hall–Kier alpha value is -3.74. The van der Waals surface area contributed by atoms with Crippen LogP contribution in [0.1, 0.15) is 30.6 Å². The minimum absolute atomic E-state index is 0.0245. The molecule has 1 fully saturated rings. The second-order valence-electron chi connectivity index (χ2n) is 8.79. The van der Waals surface area contributed by atoms with Crippen molar-refractivity contribution in [3.63, 3.8) is 0 Å². The zero-order valence-corrected chi connectivity index (χ0v) is 20.0. The monoisotopic (exact) mass is 522 g/mol. The van der Waals surface area contributed by atoms with Crippen LogP contribution in [0.3, 0.4) is 0 Å². The molecule has 2 atom stereocenters. The van der Waals surface area contributed by atoms with Crippen molar-refractivity contribution in [2.45, 2.75) is 20.3 Å². The van der Waals surface area contributed by atoms with E-state index in [2.05, 4.69) is 24.1 Å². The molecule has 0 spiro atoms. The molecule has 1 N–H and O–H groups in total. The number of thiazole rings is 1. The molecule has 36 heavy (non-hydrogen) atoms. The number of amides is 1. The molecule has 1 saturated heterocycles. The molecule has 3 aromatic rings. The first kappa shape index (κ1) is 25.4. The van der Waals surface area contributed by atoms with Gasteiger partial charge < -0.3 is 9.64 Å². The Kier molecular flexibility index (Phi) is 7.11. The van der Waals surface area contributed by atoms with Crippen molar-refractivity contribution in [1.82, 2.24) is 4.98 Å². The average Bonchev–Trinajstić information content (AvgIpc) is 3.22. The maximum Gasteiger partial charge on any atom is 0.338 e. The molecule has 0 saturated carbocycles. The number of piperidine rings is 1. The summed E-state index contributed by atoms with van der Waals surface area (Å²) in [6.45, 7) is 4.70. The van der Waals surface area contributed by atoms with Crippen LogP contribution in [0.4, 0.5) is 29.7 Å². The molecule has 2 aromatic carbocycles. The number of aromatic nitrogens is 1. The zero-order valence-electron chi connectivity index (χ0n) is 19.2. The fourth-order valence-electron chi connectivity index (χ4n) is 4.32. The number of anilines is 2. The van der Waals surface area contributed by atoms with Crippen molar-refractivity contribution in [3.05, 3.63) is 57.4 Å². The molecule has 4 rings (SSSR count). The second kappa shape index (κ2) is 10.1. The standard InChI is InChI=1S/C23H21F3N4O5S/c1-11-5-12(2)9-29(8-11)15-4-3-13(6-16(15)30(33)34)22(32)35-10-18(31)27-23-28-21-17(36-23)7-14(24)19(25)20(21)26/h3-4,6-7,11-12H,5,8-10H2,1-2H3,(H,27,28,31).